The summed E-state index contributed by atoms with van der Waals surface area (Å²) in [6.45, 7) is 4.83. The molecule has 1 aromatic carbocycles. The smallest absolute Gasteiger partial charge is 0.203 e. The second-order valence-corrected chi connectivity index (χ2v) is 4.65. The second kappa shape index (κ2) is 7.61. The highest BCUT2D eigenvalue weighted by molar-refractivity contribution is 5.51. The molecule has 0 saturated carbocycles. The zero-order valence-electron chi connectivity index (χ0n) is 12.5. The number of nitrogens with zero attached hydrogens (tertiary/aromatic N) is 1. The van der Waals surface area contributed by atoms with Crippen molar-refractivity contribution in [1.82, 2.24) is 5.32 Å². The average Bonchev–Trinajstić information content (AvgIpc) is 2.50. The van der Waals surface area contributed by atoms with E-state index in [4.69, 9.17) is 14.2 Å². The zero-order valence-corrected chi connectivity index (χ0v) is 12.5. The van der Waals surface area contributed by atoms with Crippen LogP contribution < -0.4 is 19.5 Å². The maximum Gasteiger partial charge on any atom is 0.203 e. The summed E-state index contributed by atoms with van der Waals surface area (Å²) < 4.78 is 16.3. The summed E-state index contributed by atoms with van der Waals surface area (Å²) in [5.74, 6) is 1.68. The maximum absolute atomic E-state index is 9.29. The van der Waals surface area contributed by atoms with Gasteiger partial charge in [0.1, 0.15) is 12.1 Å². The van der Waals surface area contributed by atoms with Crippen molar-refractivity contribution in [2.75, 3.05) is 27.4 Å². The first kappa shape index (κ1) is 16.1. The van der Waals surface area contributed by atoms with Crippen molar-refractivity contribution >= 4 is 0 Å². The molecule has 110 valence electrons. The molecule has 0 aliphatic rings. The van der Waals surface area contributed by atoms with E-state index >= 15 is 0 Å². The minimum Gasteiger partial charge on any atom is -0.493 e. The molecule has 0 heterocycles. The molecule has 0 radical (unpaired) electrons. The Balaban J connectivity index is 2.85. The summed E-state index contributed by atoms with van der Waals surface area (Å²) in [4.78, 5) is 0. The topological polar surface area (TPSA) is 63.5 Å². The molecule has 1 aromatic rings. The van der Waals surface area contributed by atoms with E-state index in [1.54, 1.807) is 26.4 Å². The summed E-state index contributed by atoms with van der Waals surface area (Å²) in [6.07, 6.45) is 0.954. The van der Waals surface area contributed by atoms with Gasteiger partial charge in [-0.2, -0.15) is 5.26 Å². The fourth-order valence-electron chi connectivity index (χ4n) is 1.70. The zero-order chi connectivity index (χ0) is 15.0. The molecule has 0 spiro atoms. The fourth-order valence-corrected chi connectivity index (χ4v) is 1.70. The van der Waals surface area contributed by atoms with Gasteiger partial charge in [0.15, 0.2) is 11.5 Å². The summed E-state index contributed by atoms with van der Waals surface area (Å²) in [5, 5.41) is 12.5. The van der Waals surface area contributed by atoms with Gasteiger partial charge in [-0.3, -0.25) is 5.32 Å². The number of rotatable bonds is 8. The van der Waals surface area contributed by atoms with Crippen LogP contribution in [0.4, 0.5) is 0 Å². The number of nitrogens with one attached hydrogen (secondary N) is 1. The van der Waals surface area contributed by atoms with Crippen molar-refractivity contribution in [1.29, 1.82) is 5.26 Å². The van der Waals surface area contributed by atoms with Crippen molar-refractivity contribution in [2.24, 2.45) is 0 Å². The minimum atomic E-state index is -0.748. The first-order valence-electron chi connectivity index (χ1n) is 6.60. The Labute approximate surface area is 120 Å². The predicted octanol–water partition coefficient (Wildman–Crippen LogP) is 2.36. The van der Waals surface area contributed by atoms with Gasteiger partial charge in [-0.15, -0.1) is 0 Å². The highest BCUT2D eigenvalue weighted by Gasteiger charge is 2.25. The molecule has 1 N–H and O–H groups in total. The monoisotopic (exact) mass is 278 g/mol. The van der Waals surface area contributed by atoms with E-state index in [-0.39, 0.29) is 6.61 Å². The van der Waals surface area contributed by atoms with Crippen molar-refractivity contribution < 1.29 is 14.2 Å². The van der Waals surface area contributed by atoms with Crippen LogP contribution in [0.3, 0.4) is 0 Å². The van der Waals surface area contributed by atoms with Crippen LogP contribution in [-0.2, 0) is 0 Å². The third-order valence-electron chi connectivity index (χ3n) is 2.90. The molecule has 0 amide bonds. The largest absolute Gasteiger partial charge is 0.493 e. The Bertz CT molecular complexity index is 448. The second-order valence-electron chi connectivity index (χ2n) is 4.65. The fraction of sp³-hybridized carbons (Fsp3) is 0.533. The lowest BCUT2D eigenvalue weighted by Crippen LogP contribution is -2.46. The maximum atomic E-state index is 9.29. The van der Waals surface area contributed by atoms with Crippen LogP contribution in [0.1, 0.15) is 20.3 Å². The average molecular weight is 278 g/mol. The summed E-state index contributed by atoms with van der Waals surface area (Å²) in [6, 6.07) is 7.65. The van der Waals surface area contributed by atoms with Crippen molar-refractivity contribution in [3.05, 3.63) is 18.2 Å². The molecule has 1 unspecified atom stereocenters. The molecule has 0 fully saturated rings. The normalized spacial score (nSPS) is 13.2. The number of para-hydroxylation sites is 1. The van der Waals surface area contributed by atoms with E-state index in [0.717, 1.165) is 13.0 Å². The lowest BCUT2D eigenvalue weighted by molar-refractivity contribution is 0.216. The van der Waals surface area contributed by atoms with Gasteiger partial charge in [-0.05, 0) is 32.0 Å². The Hall–Kier alpha value is -1.93. The van der Waals surface area contributed by atoms with Crippen LogP contribution in [-0.4, -0.2) is 32.9 Å². The van der Waals surface area contributed by atoms with Crippen LogP contribution in [0, 0.1) is 11.3 Å². The third-order valence-corrected chi connectivity index (χ3v) is 2.90. The number of methoxy groups -OCH3 is 2. The number of benzene rings is 1. The predicted molar refractivity (Wildman–Crippen MR) is 77.4 cm³/mol. The van der Waals surface area contributed by atoms with Crippen LogP contribution in [0.5, 0.6) is 17.2 Å². The number of ether oxygens (including phenoxy) is 3. The van der Waals surface area contributed by atoms with Crippen molar-refractivity contribution in [3.8, 4) is 23.3 Å². The molecule has 0 saturated heterocycles. The van der Waals surface area contributed by atoms with Gasteiger partial charge in [-0.25, -0.2) is 0 Å². The number of hydrogen-bond acceptors (Lipinski definition) is 5. The van der Waals surface area contributed by atoms with Gasteiger partial charge in [0.2, 0.25) is 5.75 Å². The number of hydrogen-bond donors (Lipinski definition) is 1. The van der Waals surface area contributed by atoms with Crippen LogP contribution in [0.2, 0.25) is 0 Å². The summed E-state index contributed by atoms with van der Waals surface area (Å²) in [5.41, 5.74) is -0.748. The van der Waals surface area contributed by atoms with Crippen molar-refractivity contribution in [2.45, 2.75) is 25.8 Å². The first-order valence-corrected chi connectivity index (χ1v) is 6.60. The van der Waals surface area contributed by atoms with Crippen LogP contribution >= 0.6 is 0 Å². The van der Waals surface area contributed by atoms with Crippen LogP contribution in [0.15, 0.2) is 18.2 Å². The molecular weight excluding hydrogens is 256 g/mol. The SMILES string of the molecule is CCCNC(C)(C#N)COc1c(OC)cccc1OC. The quantitative estimate of drug-likeness (QED) is 0.791. The molecule has 0 aliphatic heterocycles. The highest BCUT2D eigenvalue weighted by atomic mass is 16.5. The molecule has 1 rings (SSSR count). The first-order chi connectivity index (χ1) is 9.60. The Kier molecular flexibility index (Phi) is 6.13. The molecule has 5 nitrogen and oxygen atoms in total. The summed E-state index contributed by atoms with van der Waals surface area (Å²) in [7, 11) is 3.14. The van der Waals surface area contributed by atoms with Gasteiger partial charge < -0.3 is 14.2 Å². The van der Waals surface area contributed by atoms with Gasteiger partial charge in [0.25, 0.3) is 0 Å². The number of nitriles is 1. The van der Waals surface area contributed by atoms with E-state index < -0.39 is 5.54 Å². The molecule has 5 heteroatoms. The van der Waals surface area contributed by atoms with Crippen LogP contribution in [0.25, 0.3) is 0 Å². The van der Waals surface area contributed by atoms with Gasteiger partial charge in [0.05, 0.1) is 20.3 Å². The Morgan fingerprint density at radius 2 is 1.85 bits per heavy atom. The lowest BCUT2D eigenvalue weighted by atomic mass is 10.1. The summed E-state index contributed by atoms with van der Waals surface area (Å²) >= 11 is 0. The lowest BCUT2D eigenvalue weighted by Gasteiger charge is -2.24. The van der Waals surface area contributed by atoms with Gasteiger partial charge >= 0.3 is 0 Å². The minimum absolute atomic E-state index is 0.209. The molecule has 0 bridgehead atoms. The van der Waals surface area contributed by atoms with E-state index in [9.17, 15) is 5.26 Å². The van der Waals surface area contributed by atoms with Crippen molar-refractivity contribution in [3.63, 3.8) is 0 Å². The van der Waals surface area contributed by atoms with Gasteiger partial charge in [0, 0.05) is 0 Å². The molecule has 0 aliphatic carbocycles. The highest BCUT2D eigenvalue weighted by Crippen LogP contribution is 2.37. The molecular formula is C15H22N2O3. The standard InChI is InChI=1S/C15H22N2O3/c1-5-9-17-15(2,10-16)11-20-14-12(18-3)7-6-8-13(14)19-4/h6-8,17H,5,9,11H2,1-4H3. The molecule has 0 aromatic heterocycles. The Morgan fingerprint density at radius 3 is 2.30 bits per heavy atom. The Morgan fingerprint density at radius 1 is 1.25 bits per heavy atom. The van der Waals surface area contributed by atoms with E-state index in [2.05, 4.69) is 18.3 Å². The van der Waals surface area contributed by atoms with Gasteiger partial charge in [-0.1, -0.05) is 13.0 Å². The molecule has 1 atom stereocenters. The van der Waals surface area contributed by atoms with E-state index in [0.29, 0.717) is 17.2 Å². The van der Waals surface area contributed by atoms with E-state index in [1.807, 2.05) is 13.0 Å². The third kappa shape index (κ3) is 4.04. The molecule has 20 heavy (non-hydrogen) atoms. The van der Waals surface area contributed by atoms with E-state index in [1.165, 1.54) is 0 Å².